The Hall–Kier alpha value is -4.36. The maximum Gasteiger partial charge on any atom is 0.305 e. The molecule has 0 aromatic heterocycles. The van der Waals surface area contributed by atoms with Crippen molar-refractivity contribution in [3.8, 4) is 0 Å². The Labute approximate surface area is 268 Å². The first-order valence-electron chi connectivity index (χ1n) is 14.2. The van der Waals surface area contributed by atoms with E-state index >= 15 is 0 Å². The third-order valence-electron chi connectivity index (χ3n) is 6.17. The summed E-state index contributed by atoms with van der Waals surface area (Å²) in [6, 6.07) is 0. The molecule has 0 N–H and O–H groups in total. The third kappa shape index (κ3) is 12.1. The van der Waals surface area contributed by atoms with Gasteiger partial charge in [0.05, 0.1) is 0 Å². The second-order valence-corrected chi connectivity index (χ2v) is 10.3. The van der Waals surface area contributed by atoms with Gasteiger partial charge in [0.25, 0.3) is 0 Å². The SMILES string of the molecule is CC(=O)OC[C@H]1O[C@H](O[C@H]2[C@H](OC(C)=O)[C@@H](OC(C)=O)[C@@H](OC(C)=O)O[C@@H]2COC(C)=O)[C@H](OC(C)=O)[C@@H](OC(C)=O)[C@@H]1OC(C)=O. The molecular weight excluding hydrogens is 640 g/mol. The number of carbonyl (C=O) groups excluding carboxylic acids is 8. The van der Waals surface area contributed by atoms with Crippen LogP contribution < -0.4 is 0 Å². The van der Waals surface area contributed by atoms with Crippen molar-refractivity contribution in [1.82, 2.24) is 0 Å². The van der Waals surface area contributed by atoms with Gasteiger partial charge in [0.15, 0.2) is 30.7 Å². The summed E-state index contributed by atoms with van der Waals surface area (Å²) in [5, 5.41) is 0. The lowest BCUT2D eigenvalue weighted by atomic mass is 9.96. The predicted octanol–water partition coefficient (Wildman–Crippen LogP) is -0.831. The highest BCUT2D eigenvalue weighted by atomic mass is 16.8. The van der Waals surface area contributed by atoms with Gasteiger partial charge < -0.3 is 52.1 Å². The first-order valence-corrected chi connectivity index (χ1v) is 14.2. The molecule has 2 saturated heterocycles. The molecule has 2 aliphatic heterocycles. The minimum atomic E-state index is -1.83. The predicted molar refractivity (Wildman–Crippen MR) is 145 cm³/mol. The Kier molecular flexibility index (Phi) is 14.5. The van der Waals surface area contributed by atoms with Crippen molar-refractivity contribution in [2.24, 2.45) is 0 Å². The van der Waals surface area contributed by atoms with Crippen LogP contribution in [-0.4, -0.2) is 122 Å². The van der Waals surface area contributed by atoms with Crippen LogP contribution in [0.4, 0.5) is 0 Å². The zero-order valence-electron chi connectivity index (χ0n) is 26.9. The van der Waals surface area contributed by atoms with Crippen LogP contribution in [0.5, 0.6) is 0 Å². The van der Waals surface area contributed by atoms with Crippen molar-refractivity contribution >= 4 is 47.8 Å². The lowest BCUT2D eigenvalue weighted by Gasteiger charge is -2.48. The molecular formula is C28H38O19. The number of carbonyl (C=O) groups is 8. The summed E-state index contributed by atoms with van der Waals surface area (Å²) in [6.45, 7) is 7.05. The Balaban J connectivity index is 2.73. The van der Waals surface area contributed by atoms with Crippen LogP contribution >= 0.6 is 0 Å². The number of hydrogen-bond acceptors (Lipinski definition) is 19. The highest BCUT2D eigenvalue weighted by Gasteiger charge is 2.58. The lowest BCUT2D eigenvalue weighted by Crippen LogP contribution is -2.67. The molecule has 19 nitrogen and oxygen atoms in total. The van der Waals surface area contributed by atoms with Crippen LogP contribution in [0.1, 0.15) is 55.4 Å². The number of esters is 8. The van der Waals surface area contributed by atoms with Gasteiger partial charge in [0, 0.05) is 55.4 Å². The van der Waals surface area contributed by atoms with Crippen LogP contribution in [0.2, 0.25) is 0 Å². The molecule has 0 aromatic rings. The van der Waals surface area contributed by atoms with Crippen molar-refractivity contribution in [1.29, 1.82) is 0 Å². The van der Waals surface area contributed by atoms with E-state index in [1.165, 1.54) is 0 Å². The maximum atomic E-state index is 12.3. The van der Waals surface area contributed by atoms with Gasteiger partial charge in [0.2, 0.25) is 12.4 Å². The van der Waals surface area contributed by atoms with E-state index < -0.39 is 122 Å². The van der Waals surface area contributed by atoms with Crippen LogP contribution in [0.3, 0.4) is 0 Å². The molecule has 0 saturated carbocycles. The second kappa shape index (κ2) is 17.5. The van der Waals surface area contributed by atoms with Gasteiger partial charge in [-0.3, -0.25) is 38.4 Å². The Morgan fingerprint density at radius 3 is 1.11 bits per heavy atom. The highest BCUT2D eigenvalue weighted by molar-refractivity contribution is 5.70. The normalized spacial score (nSPS) is 30.0. The van der Waals surface area contributed by atoms with Crippen LogP contribution in [0.25, 0.3) is 0 Å². The molecule has 264 valence electrons. The molecule has 0 amide bonds. The minimum Gasteiger partial charge on any atom is -0.463 e. The second-order valence-electron chi connectivity index (χ2n) is 10.3. The highest BCUT2D eigenvalue weighted by Crippen LogP contribution is 2.35. The molecule has 2 fully saturated rings. The van der Waals surface area contributed by atoms with Gasteiger partial charge in [-0.05, 0) is 0 Å². The van der Waals surface area contributed by atoms with E-state index in [2.05, 4.69) is 0 Å². The smallest absolute Gasteiger partial charge is 0.305 e. The molecule has 2 heterocycles. The molecule has 0 bridgehead atoms. The summed E-state index contributed by atoms with van der Waals surface area (Å²) in [6.07, 6.45) is -16.3. The van der Waals surface area contributed by atoms with Gasteiger partial charge in [-0.2, -0.15) is 0 Å². The van der Waals surface area contributed by atoms with E-state index in [9.17, 15) is 38.4 Å². The summed E-state index contributed by atoms with van der Waals surface area (Å²) in [4.78, 5) is 96.3. The van der Waals surface area contributed by atoms with Gasteiger partial charge in [-0.1, -0.05) is 0 Å². The zero-order valence-corrected chi connectivity index (χ0v) is 26.9. The summed E-state index contributed by atoms with van der Waals surface area (Å²) in [5.74, 6) is -7.02. The number of rotatable bonds is 12. The minimum absolute atomic E-state index is 0.590. The molecule has 0 aliphatic carbocycles. The molecule has 2 rings (SSSR count). The summed E-state index contributed by atoms with van der Waals surface area (Å²) < 4.78 is 60.2. The van der Waals surface area contributed by atoms with Gasteiger partial charge in [0.1, 0.15) is 31.5 Å². The molecule has 10 atom stereocenters. The van der Waals surface area contributed by atoms with Crippen LogP contribution in [-0.2, 0) is 90.5 Å². The average molecular weight is 679 g/mol. The molecule has 47 heavy (non-hydrogen) atoms. The van der Waals surface area contributed by atoms with Crippen molar-refractivity contribution in [3.05, 3.63) is 0 Å². The standard InChI is InChI=1S/C28H38O19/c1-11(29)37-9-19-21(39-13(3)31)23(40-14(4)32)26(43-17(7)35)28(46-19)47-22-20(10-38-12(2)30)45-27(44-18(8)36)25(42-16(6)34)24(22)41-15(5)33/h19-28H,9-10H2,1-8H3/t19-,20-,21-,22-,23+,24+,25-,26-,27+,28-/m1/s1. The Bertz CT molecular complexity index is 1200. The fourth-order valence-corrected chi connectivity index (χ4v) is 4.73. The molecule has 19 heteroatoms. The largest absolute Gasteiger partial charge is 0.463 e. The quantitative estimate of drug-likeness (QED) is 0.181. The summed E-state index contributed by atoms with van der Waals surface area (Å²) in [5.41, 5.74) is 0. The van der Waals surface area contributed by atoms with E-state index in [0.29, 0.717) is 0 Å². The Morgan fingerprint density at radius 2 is 0.702 bits per heavy atom. The molecule has 0 spiro atoms. The van der Waals surface area contributed by atoms with Crippen LogP contribution in [0, 0.1) is 0 Å². The number of ether oxygens (including phenoxy) is 11. The van der Waals surface area contributed by atoms with Gasteiger partial charge >= 0.3 is 47.8 Å². The topological polar surface area (TPSA) is 238 Å². The fraction of sp³-hybridized carbons (Fsp3) is 0.714. The Morgan fingerprint density at radius 1 is 0.383 bits per heavy atom. The molecule has 0 aromatic carbocycles. The van der Waals surface area contributed by atoms with E-state index in [0.717, 1.165) is 55.4 Å². The van der Waals surface area contributed by atoms with E-state index in [1.807, 2.05) is 0 Å². The lowest BCUT2D eigenvalue weighted by molar-refractivity contribution is -0.357. The third-order valence-corrected chi connectivity index (χ3v) is 6.17. The van der Waals surface area contributed by atoms with Crippen molar-refractivity contribution in [2.45, 2.75) is 117 Å². The van der Waals surface area contributed by atoms with E-state index in [-0.39, 0.29) is 0 Å². The van der Waals surface area contributed by atoms with Crippen LogP contribution in [0.15, 0.2) is 0 Å². The van der Waals surface area contributed by atoms with Crippen molar-refractivity contribution in [3.63, 3.8) is 0 Å². The summed E-state index contributed by atoms with van der Waals surface area (Å²) in [7, 11) is 0. The molecule has 0 radical (unpaired) electrons. The molecule has 2 aliphatic rings. The van der Waals surface area contributed by atoms with Crippen molar-refractivity contribution in [2.75, 3.05) is 13.2 Å². The monoisotopic (exact) mass is 678 g/mol. The van der Waals surface area contributed by atoms with Crippen molar-refractivity contribution < 1.29 is 90.5 Å². The first-order chi connectivity index (χ1) is 21.9. The van der Waals surface area contributed by atoms with E-state index in [1.54, 1.807) is 0 Å². The van der Waals surface area contributed by atoms with E-state index in [4.69, 9.17) is 52.1 Å². The molecule has 0 unspecified atom stereocenters. The average Bonchev–Trinajstić information content (AvgIpc) is 2.91. The summed E-state index contributed by atoms with van der Waals surface area (Å²) >= 11 is 0. The fourth-order valence-electron chi connectivity index (χ4n) is 4.73. The van der Waals surface area contributed by atoms with Gasteiger partial charge in [-0.15, -0.1) is 0 Å². The first kappa shape index (κ1) is 38.8. The zero-order chi connectivity index (χ0) is 35.6. The number of hydrogen-bond donors (Lipinski definition) is 0. The maximum absolute atomic E-state index is 12.3. The van der Waals surface area contributed by atoms with Gasteiger partial charge in [-0.25, -0.2) is 0 Å².